The van der Waals surface area contributed by atoms with E-state index in [2.05, 4.69) is 43.2 Å². The van der Waals surface area contributed by atoms with Crippen molar-refractivity contribution in [1.29, 1.82) is 0 Å². The van der Waals surface area contributed by atoms with Crippen molar-refractivity contribution in [3.63, 3.8) is 0 Å². The molecule has 0 bridgehead atoms. The lowest BCUT2D eigenvalue weighted by Crippen LogP contribution is -2.36. The van der Waals surface area contributed by atoms with Gasteiger partial charge in [-0.3, -0.25) is 11.3 Å². The highest BCUT2D eigenvalue weighted by molar-refractivity contribution is 5.26. The molecule has 3 N–H and O–H groups in total. The fourth-order valence-corrected chi connectivity index (χ4v) is 2.21. The lowest BCUT2D eigenvalue weighted by Gasteiger charge is -2.17. The number of rotatable bonds is 9. The third-order valence-corrected chi connectivity index (χ3v) is 3.42. The van der Waals surface area contributed by atoms with Gasteiger partial charge in [0.05, 0.1) is 0 Å². The van der Waals surface area contributed by atoms with Gasteiger partial charge in [-0.25, -0.2) is 0 Å². The second kappa shape index (κ2) is 8.90. The normalized spacial score (nSPS) is 12.3. The summed E-state index contributed by atoms with van der Waals surface area (Å²) in [5.74, 6) is 5.65. The SMILES string of the molecule is C=CCCCCCC(Cc1ccccc1C)NN. The Hall–Kier alpha value is -1.12. The van der Waals surface area contributed by atoms with Crippen molar-refractivity contribution in [2.45, 2.75) is 51.5 Å². The second-order valence-electron chi connectivity index (χ2n) is 4.92. The van der Waals surface area contributed by atoms with Gasteiger partial charge in [-0.05, 0) is 43.7 Å². The van der Waals surface area contributed by atoms with E-state index >= 15 is 0 Å². The molecule has 1 aromatic rings. The van der Waals surface area contributed by atoms with Crippen LogP contribution in [0, 0.1) is 6.92 Å². The number of allylic oxidation sites excluding steroid dienone is 1. The third-order valence-electron chi connectivity index (χ3n) is 3.42. The summed E-state index contributed by atoms with van der Waals surface area (Å²) in [6.07, 6.45) is 9.01. The van der Waals surface area contributed by atoms with Crippen LogP contribution in [0.15, 0.2) is 36.9 Å². The maximum atomic E-state index is 5.65. The van der Waals surface area contributed by atoms with Crippen molar-refractivity contribution in [3.05, 3.63) is 48.0 Å². The summed E-state index contributed by atoms with van der Waals surface area (Å²) in [6, 6.07) is 8.92. The molecule has 0 amide bonds. The molecular formula is C16H26N2. The topological polar surface area (TPSA) is 38.0 Å². The molecule has 2 heteroatoms. The summed E-state index contributed by atoms with van der Waals surface area (Å²) in [7, 11) is 0. The average Bonchev–Trinajstić information content (AvgIpc) is 2.39. The van der Waals surface area contributed by atoms with Crippen LogP contribution in [-0.4, -0.2) is 6.04 Å². The van der Waals surface area contributed by atoms with Crippen molar-refractivity contribution in [2.75, 3.05) is 0 Å². The van der Waals surface area contributed by atoms with E-state index in [9.17, 15) is 0 Å². The van der Waals surface area contributed by atoms with Gasteiger partial charge in [-0.15, -0.1) is 6.58 Å². The predicted molar refractivity (Wildman–Crippen MR) is 79.3 cm³/mol. The standard InChI is InChI=1S/C16H26N2/c1-3-4-5-6-7-12-16(18-17)13-15-11-9-8-10-14(15)2/h3,8-11,16,18H,1,4-7,12-13,17H2,2H3. The molecule has 0 aliphatic rings. The van der Waals surface area contributed by atoms with Crippen LogP contribution < -0.4 is 11.3 Å². The zero-order chi connectivity index (χ0) is 13.2. The molecule has 1 atom stereocenters. The van der Waals surface area contributed by atoms with Crippen molar-refractivity contribution in [2.24, 2.45) is 5.84 Å². The van der Waals surface area contributed by atoms with Gasteiger partial charge in [-0.1, -0.05) is 43.2 Å². The van der Waals surface area contributed by atoms with Crippen LogP contribution in [0.5, 0.6) is 0 Å². The molecule has 1 unspecified atom stereocenters. The van der Waals surface area contributed by atoms with Crippen molar-refractivity contribution in [1.82, 2.24) is 5.43 Å². The lowest BCUT2D eigenvalue weighted by molar-refractivity contribution is 0.464. The fraction of sp³-hybridized carbons (Fsp3) is 0.500. The zero-order valence-corrected chi connectivity index (χ0v) is 11.5. The molecule has 1 aromatic carbocycles. The molecule has 0 radical (unpaired) electrons. The van der Waals surface area contributed by atoms with E-state index in [0.717, 1.165) is 19.3 Å². The average molecular weight is 246 g/mol. The number of hydrogen-bond acceptors (Lipinski definition) is 2. The molecule has 0 aliphatic carbocycles. The molecule has 1 rings (SSSR count). The van der Waals surface area contributed by atoms with E-state index in [0.29, 0.717) is 6.04 Å². The smallest absolute Gasteiger partial charge is 0.0251 e. The molecule has 0 aromatic heterocycles. The van der Waals surface area contributed by atoms with Crippen molar-refractivity contribution in [3.8, 4) is 0 Å². The van der Waals surface area contributed by atoms with Crippen LogP contribution in [0.1, 0.15) is 43.2 Å². The molecular weight excluding hydrogens is 220 g/mol. The molecule has 0 spiro atoms. The fourth-order valence-electron chi connectivity index (χ4n) is 2.21. The molecule has 0 heterocycles. The van der Waals surface area contributed by atoms with Crippen LogP contribution in [0.3, 0.4) is 0 Å². The highest BCUT2D eigenvalue weighted by Gasteiger charge is 2.08. The first-order chi connectivity index (χ1) is 8.77. The van der Waals surface area contributed by atoms with Gasteiger partial charge in [0.15, 0.2) is 0 Å². The Bertz CT molecular complexity index is 347. The minimum Gasteiger partial charge on any atom is -0.271 e. The van der Waals surface area contributed by atoms with Crippen LogP contribution in [-0.2, 0) is 6.42 Å². The maximum Gasteiger partial charge on any atom is 0.0251 e. The number of unbranched alkanes of at least 4 members (excludes halogenated alkanes) is 3. The molecule has 2 nitrogen and oxygen atoms in total. The number of nitrogens with one attached hydrogen (secondary N) is 1. The first-order valence-corrected chi connectivity index (χ1v) is 6.89. The highest BCUT2D eigenvalue weighted by atomic mass is 15.2. The molecule has 100 valence electrons. The molecule has 0 saturated heterocycles. The summed E-state index contributed by atoms with van der Waals surface area (Å²) in [5, 5.41) is 0. The minimum atomic E-state index is 0.384. The van der Waals surface area contributed by atoms with E-state index in [4.69, 9.17) is 5.84 Å². The van der Waals surface area contributed by atoms with E-state index in [1.165, 1.54) is 30.4 Å². The van der Waals surface area contributed by atoms with E-state index < -0.39 is 0 Å². The van der Waals surface area contributed by atoms with Gasteiger partial charge in [0.1, 0.15) is 0 Å². The van der Waals surface area contributed by atoms with Crippen molar-refractivity contribution >= 4 is 0 Å². The van der Waals surface area contributed by atoms with Crippen LogP contribution in [0.2, 0.25) is 0 Å². The van der Waals surface area contributed by atoms with Crippen molar-refractivity contribution < 1.29 is 0 Å². The van der Waals surface area contributed by atoms with Gasteiger partial charge >= 0.3 is 0 Å². The lowest BCUT2D eigenvalue weighted by atomic mass is 9.97. The van der Waals surface area contributed by atoms with Crippen LogP contribution in [0.25, 0.3) is 0 Å². The number of benzene rings is 1. The number of aryl methyl sites for hydroxylation is 1. The summed E-state index contributed by atoms with van der Waals surface area (Å²) in [5.41, 5.74) is 5.69. The predicted octanol–water partition coefficient (Wildman–Crippen LogP) is 3.51. The quantitative estimate of drug-likeness (QED) is 0.303. The van der Waals surface area contributed by atoms with Crippen LogP contribution >= 0.6 is 0 Å². The second-order valence-corrected chi connectivity index (χ2v) is 4.92. The van der Waals surface area contributed by atoms with Gasteiger partial charge < -0.3 is 0 Å². The molecule has 0 fully saturated rings. The number of hydrazine groups is 1. The molecule has 18 heavy (non-hydrogen) atoms. The van der Waals surface area contributed by atoms with E-state index in [1.807, 2.05) is 6.08 Å². The monoisotopic (exact) mass is 246 g/mol. The van der Waals surface area contributed by atoms with E-state index in [-0.39, 0.29) is 0 Å². The minimum absolute atomic E-state index is 0.384. The Morgan fingerprint density at radius 3 is 2.72 bits per heavy atom. The third kappa shape index (κ3) is 5.48. The Labute approximate surface area is 111 Å². The van der Waals surface area contributed by atoms with Gasteiger partial charge in [-0.2, -0.15) is 0 Å². The Morgan fingerprint density at radius 2 is 2.06 bits per heavy atom. The highest BCUT2D eigenvalue weighted by Crippen LogP contribution is 2.13. The Morgan fingerprint density at radius 1 is 1.28 bits per heavy atom. The van der Waals surface area contributed by atoms with Gasteiger partial charge in [0, 0.05) is 6.04 Å². The number of hydrogen-bond donors (Lipinski definition) is 2. The zero-order valence-electron chi connectivity index (χ0n) is 11.5. The first kappa shape index (κ1) is 14.9. The van der Waals surface area contributed by atoms with E-state index in [1.54, 1.807) is 0 Å². The molecule has 0 saturated carbocycles. The summed E-state index contributed by atoms with van der Waals surface area (Å²) >= 11 is 0. The van der Waals surface area contributed by atoms with Gasteiger partial charge in [0.2, 0.25) is 0 Å². The summed E-state index contributed by atoms with van der Waals surface area (Å²) < 4.78 is 0. The molecule has 0 aliphatic heterocycles. The van der Waals surface area contributed by atoms with Gasteiger partial charge in [0.25, 0.3) is 0 Å². The first-order valence-electron chi connectivity index (χ1n) is 6.89. The summed E-state index contributed by atoms with van der Waals surface area (Å²) in [6.45, 7) is 5.90. The largest absolute Gasteiger partial charge is 0.271 e. The van der Waals surface area contributed by atoms with Crippen LogP contribution in [0.4, 0.5) is 0 Å². The number of nitrogens with two attached hydrogens (primary N) is 1. The summed E-state index contributed by atoms with van der Waals surface area (Å²) in [4.78, 5) is 0. The maximum absolute atomic E-state index is 5.65. The Balaban J connectivity index is 2.33. The Kier molecular flexibility index (Phi) is 7.38.